The third-order valence-electron chi connectivity index (χ3n) is 5.43. The first-order valence-corrected chi connectivity index (χ1v) is 8.72. The van der Waals surface area contributed by atoms with Crippen LogP contribution in [0.25, 0.3) is 0 Å². The molecule has 2 fully saturated rings. The van der Waals surface area contributed by atoms with Gasteiger partial charge >= 0.3 is 0 Å². The summed E-state index contributed by atoms with van der Waals surface area (Å²) < 4.78 is 0. The normalized spacial score (nSPS) is 32.1. The van der Waals surface area contributed by atoms with E-state index in [0.717, 1.165) is 18.5 Å². The molecule has 20 heavy (non-hydrogen) atoms. The van der Waals surface area contributed by atoms with Crippen molar-refractivity contribution in [2.75, 3.05) is 26.2 Å². The molecule has 1 N–H and O–H groups in total. The van der Waals surface area contributed by atoms with Gasteiger partial charge in [0.2, 0.25) is 0 Å². The molecule has 2 heterocycles. The van der Waals surface area contributed by atoms with Crippen LogP contribution in [0.4, 0.5) is 0 Å². The molecule has 0 saturated carbocycles. The third-order valence-corrected chi connectivity index (χ3v) is 5.43. The molecule has 0 aromatic heterocycles. The maximum atomic E-state index is 3.60. The van der Waals surface area contributed by atoms with Gasteiger partial charge in [-0.1, -0.05) is 27.2 Å². The molecule has 0 aromatic carbocycles. The Labute approximate surface area is 126 Å². The quantitative estimate of drug-likeness (QED) is 0.835. The summed E-state index contributed by atoms with van der Waals surface area (Å²) in [5.74, 6) is 0.718. The molecule has 2 saturated heterocycles. The summed E-state index contributed by atoms with van der Waals surface area (Å²) in [5, 5.41) is 3.60. The van der Waals surface area contributed by atoms with E-state index in [1.807, 2.05) is 0 Å². The van der Waals surface area contributed by atoms with Crippen LogP contribution in [0.1, 0.15) is 53.9 Å². The van der Waals surface area contributed by atoms with E-state index in [-0.39, 0.29) is 0 Å². The SMILES string of the molecule is CC(C)NCC(C)C(C)N1CC2CCCCN2CC1C. The van der Waals surface area contributed by atoms with E-state index in [4.69, 9.17) is 0 Å². The maximum absolute atomic E-state index is 3.60. The average molecular weight is 281 g/mol. The second-order valence-corrected chi connectivity index (χ2v) is 7.47. The van der Waals surface area contributed by atoms with Gasteiger partial charge in [0.15, 0.2) is 0 Å². The van der Waals surface area contributed by atoms with E-state index in [0.29, 0.717) is 18.1 Å². The minimum absolute atomic E-state index is 0.595. The Morgan fingerprint density at radius 3 is 2.55 bits per heavy atom. The second-order valence-electron chi connectivity index (χ2n) is 7.47. The van der Waals surface area contributed by atoms with Gasteiger partial charge in [-0.15, -0.1) is 0 Å². The molecule has 3 nitrogen and oxygen atoms in total. The van der Waals surface area contributed by atoms with E-state index < -0.39 is 0 Å². The second kappa shape index (κ2) is 7.24. The molecule has 3 heteroatoms. The molecule has 2 rings (SSSR count). The standard InChI is InChI=1S/C17H35N3/c1-13(2)18-10-14(3)16(5)20-12-17-8-6-7-9-19(17)11-15(20)4/h13-18H,6-12H2,1-5H3. The lowest BCUT2D eigenvalue weighted by molar-refractivity contribution is -0.0154. The monoisotopic (exact) mass is 281 g/mol. The van der Waals surface area contributed by atoms with Gasteiger partial charge in [0.05, 0.1) is 0 Å². The summed E-state index contributed by atoms with van der Waals surface area (Å²) in [6, 6.07) is 2.81. The molecule has 4 atom stereocenters. The van der Waals surface area contributed by atoms with Crippen LogP contribution < -0.4 is 5.32 Å². The van der Waals surface area contributed by atoms with Crippen molar-refractivity contribution in [3.8, 4) is 0 Å². The summed E-state index contributed by atoms with van der Waals surface area (Å²) in [5.41, 5.74) is 0. The molecule has 0 radical (unpaired) electrons. The van der Waals surface area contributed by atoms with E-state index in [2.05, 4.69) is 49.7 Å². The molecule has 2 aliphatic rings. The smallest absolute Gasteiger partial charge is 0.0224 e. The fourth-order valence-corrected chi connectivity index (χ4v) is 3.86. The molecular weight excluding hydrogens is 246 g/mol. The number of nitrogens with one attached hydrogen (secondary N) is 1. The highest BCUT2D eigenvalue weighted by atomic mass is 15.3. The van der Waals surface area contributed by atoms with Crippen LogP contribution in [0.3, 0.4) is 0 Å². The zero-order chi connectivity index (χ0) is 14.7. The largest absolute Gasteiger partial charge is 0.314 e. The number of piperazine rings is 1. The fraction of sp³-hybridized carbons (Fsp3) is 1.00. The van der Waals surface area contributed by atoms with Gasteiger partial charge in [0, 0.05) is 37.3 Å². The number of fused-ring (bicyclic) bond motifs is 1. The van der Waals surface area contributed by atoms with Gasteiger partial charge in [-0.05, 0) is 45.7 Å². The molecule has 0 spiro atoms. The first-order chi connectivity index (χ1) is 9.49. The Hall–Kier alpha value is -0.120. The van der Waals surface area contributed by atoms with Crippen LogP contribution in [-0.4, -0.2) is 60.1 Å². The van der Waals surface area contributed by atoms with E-state index in [1.54, 1.807) is 0 Å². The van der Waals surface area contributed by atoms with Crippen molar-refractivity contribution in [1.29, 1.82) is 0 Å². The van der Waals surface area contributed by atoms with Crippen LogP contribution in [0.2, 0.25) is 0 Å². The zero-order valence-electron chi connectivity index (χ0n) is 14.2. The summed E-state index contributed by atoms with van der Waals surface area (Å²) >= 11 is 0. The lowest BCUT2D eigenvalue weighted by atomic mass is 9.93. The Bertz CT molecular complexity index is 292. The predicted octanol–water partition coefficient (Wildman–Crippen LogP) is 2.57. The molecule has 2 aliphatic heterocycles. The molecule has 4 unspecified atom stereocenters. The summed E-state index contributed by atoms with van der Waals surface area (Å²) in [7, 11) is 0. The van der Waals surface area contributed by atoms with E-state index in [1.165, 1.54) is 38.9 Å². The first-order valence-electron chi connectivity index (χ1n) is 8.72. The van der Waals surface area contributed by atoms with Gasteiger partial charge in [0.1, 0.15) is 0 Å². The molecule has 0 aromatic rings. The Balaban J connectivity index is 1.89. The van der Waals surface area contributed by atoms with Gasteiger partial charge in [0.25, 0.3) is 0 Å². The molecule has 0 amide bonds. The van der Waals surface area contributed by atoms with Crippen LogP contribution in [0, 0.1) is 5.92 Å². The van der Waals surface area contributed by atoms with Gasteiger partial charge in [-0.2, -0.15) is 0 Å². The zero-order valence-corrected chi connectivity index (χ0v) is 14.2. The minimum Gasteiger partial charge on any atom is -0.314 e. The highest BCUT2D eigenvalue weighted by Crippen LogP contribution is 2.27. The van der Waals surface area contributed by atoms with Gasteiger partial charge in [-0.25, -0.2) is 0 Å². The lowest BCUT2D eigenvalue weighted by Gasteiger charge is -2.50. The van der Waals surface area contributed by atoms with E-state index >= 15 is 0 Å². The molecular formula is C17H35N3. The molecule has 118 valence electrons. The maximum Gasteiger partial charge on any atom is 0.0224 e. The first kappa shape index (κ1) is 16.3. The molecule has 0 aliphatic carbocycles. The summed E-state index contributed by atoms with van der Waals surface area (Å²) in [6.45, 7) is 16.8. The summed E-state index contributed by atoms with van der Waals surface area (Å²) in [6.07, 6.45) is 4.25. The minimum atomic E-state index is 0.595. The van der Waals surface area contributed by atoms with Gasteiger partial charge < -0.3 is 5.32 Å². The molecule has 0 bridgehead atoms. The average Bonchev–Trinajstić information content (AvgIpc) is 2.43. The topological polar surface area (TPSA) is 18.5 Å². The Morgan fingerprint density at radius 1 is 1.10 bits per heavy atom. The lowest BCUT2D eigenvalue weighted by Crippen LogP contribution is -2.61. The Kier molecular flexibility index (Phi) is 5.88. The van der Waals surface area contributed by atoms with Crippen molar-refractivity contribution in [1.82, 2.24) is 15.1 Å². The van der Waals surface area contributed by atoms with Crippen LogP contribution in [0.5, 0.6) is 0 Å². The van der Waals surface area contributed by atoms with Crippen molar-refractivity contribution in [3.05, 3.63) is 0 Å². The third kappa shape index (κ3) is 3.96. The van der Waals surface area contributed by atoms with Crippen LogP contribution in [0.15, 0.2) is 0 Å². The van der Waals surface area contributed by atoms with Crippen molar-refractivity contribution < 1.29 is 0 Å². The van der Waals surface area contributed by atoms with Crippen molar-refractivity contribution in [2.24, 2.45) is 5.92 Å². The number of nitrogens with zero attached hydrogens (tertiary/aromatic N) is 2. The number of rotatable bonds is 5. The fourth-order valence-electron chi connectivity index (χ4n) is 3.86. The predicted molar refractivity (Wildman–Crippen MR) is 87.1 cm³/mol. The van der Waals surface area contributed by atoms with Crippen molar-refractivity contribution in [2.45, 2.75) is 78.0 Å². The highest BCUT2D eigenvalue weighted by Gasteiger charge is 2.36. The van der Waals surface area contributed by atoms with E-state index in [9.17, 15) is 0 Å². The number of hydrogen-bond acceptors (Lipinski definition) is 3. The van der Waals surface area contributed by atoms with Crippen molar-refractivity contribution in [3.63, 3.8) is 0 Å². The number of piperidine rings is 1. The number of hydrogen-bond donors (Lipinski definition) is 1. The highest BCUT2D eigenvalue weighted by molar-refractivity contribution is 4.92. The van der Waals surface area contributed by atoms with Crippen LogP contribution in [-0.2, 0) is 0 Å². The Morgan fingerprint density at radius 2 is 1.85 bits per heavy atom. The van der Waals surface area contributed by atoms with Crippen LogP contribution >= 0.6 is 0 Å². The van der Waals surface area contributed by atoms with Crippen molar-refractivity contribution >= 4 is 0 Å². The summed E-state index contributed by atoms with van der Waals surface area (Å²) in [4.78, 5) is 5.52. The van der Waals surface area contributed by atoms with Gasteiger partial charge in [-0.3, -0.25) is 9.80 Å².